The van der Waals surface area contributed by atoms with Gasteiger partial charge in [0, 0.05) is 18.5 Å². The Hall–Kier alpha value is -1.60. The van der Waals surface area contributed by atoms with Gasteiger partial charge in [0.15, 0.2) is 0 Å². The quantitative estimate of drug-likeness (QED) is 0.915. The number of ether oxygens (including phenoxy) is 1. The summed E-state index contributed by atoms with van der Waals surface area (Å²) < 4.78 is 40.2. The lowest BCUT2D eigenvalue weighted by atomic mass is 10.2. The van der Waals surface area contributed by atoms with E-state index in [1.54, 1.807) is 17.4 Å². The Labute approximate surface area is 118 Å². The highest BCUT2D eigenvalue weighted by Crippen LogP contribution is 2.23. The van der Waals surface area contributed by atoms with Gasteiger partial charge in [0.1, 0.15) is 5.75 Å². The van der Waals surface area contributed by atoms with Crippen molar-refractivity contribution < 1.29 is 17.9 Å². The van der Waals surface area contributed by atoms with Crippen molar-refractivity contribution in [3.63, 3.8) is 0 Å². The highest BCUT2D eigenvalue weighted by atomic mass is 32.1. The van der Waals surface area contributed by atoms with Crippen molar-refractivity contribution in [3.8, 4) is 5.75 Å². The van der Waals surface area contributed by atoms with Gasteiger partial charge in [-0.05, 0) is 24.6 Å². The topological polar surface area (TPSA) is 34.2 Å². The number of alkyl halides is 3. The zero-order chi connectivity index (χ0) is 14.6. The molecule has 0 saturated heterocycles. The van der Waals surface area contributed by atoms with Gasteiger partial charge in [-0.1, -0.05) is 12.1 Å². The Balaban J connectivity index is 1.88. The summed E-state index contributed by atoms with van der Waals surface area (Å²) in [6.45, 7) is 2.95. The van der Waals surface area contributed by atoms with E-state index in [4.69, 9.17) is 0 Å². The third-order valence-corrected chi connectivity index (χ3v) is 3.26. The third-order valence-electron chi connectivity index (χ3n) is 2.43. The average molecular weight is 302 g/mol. The van der Waals surface area contributed by atoms with Crippen molar-refractivity contribution in [2.24, 2.45) is 0 Å². The molecule has 2 rings (SSSR count). The molecule has 108 valence electrons. The summed E-state index contributed by atoms with van der Waals surface area (Å²) >= 11 is 1.56. The van der Waals surface area contributed by atoms with Gasteiger partial charge in [-0.2, -0.15) is 0 Å². The van der Waals surface area contributed by atoms with Crippen molar-refractivity contribution in [3.05, 3.63) is 45.9 Å². The maximum absolute atomic E-state index is 12.1. The monoisotopic (exact) mass is 302 g/mol. The summed E-state index contributed by atoms with van der Waals surface area (Å²) in [7, 11) is 0. The predicted octanol–water partition coefficient (Wildman–Crippen LogP) is 3.64. The number of hydrogen-bond acceptors (Lipinski definition) is 4. The highest BCUT2D eigenvalue weighted by molar-refractivity contribution is 7.09. The number of rotatable bonds is 5. The lowest BCUT2D eigenvalue weighted by Crippen LogP contribution is -2.17. The average Bonchev–Trinajstić information content (AvgIpc) is 2.73. The molecule has 1 aromatic heterocycles. The van der Waals surface area contributed by atoms with E-state index < -0.39 is 6.36 Å². The summed E-state index contributed by atoms with van der Waals surface area (Å²) in [4.78, 5) is 4.29. The number of nitrogens with one attached hydrogen (secondary N) is 1. The van der Waals surface area contributed by atoms with Crippen LogP contribution in [0.5, 0.6) is 5.75 Å². The van der Waals surface area contributed by atoms with Gasteiger partial charge in [-0.15, -0.1) is 24.5 Å². The minimum atomic E-state index is -4.66. The molecule has 0 atom stereocenters. The van der Waals surface area contributed by atoms with Crippen molar-refractivity contribution in [1.29, 1.82) is 0 Å². The lowest BCUT2D eigenvalue weighted by Gasteiger charge is -2.10. The second kappa shape index (κ2) is 6.23. The molecule has 0 aliphatic carbocycles. The van der Waals surface area contributed by atoms with Gasteiger partial charge in [0.25, 0.3) is 0 Å². The second-order valence-corrected chi connectivity index (χ2v) is 5.22. The molecule has 0 spiro atoms. The number of nitrogens with zero attached hydrogens (tertiary/aromatic N) is 1. The van der Waals surface area contributed by atoms with Crippen LogP contribution in [0.3, 0.4) is 0 Å². The van der Waals surface area contributed by atoms with Gasteiger partial charge in [-0.25, -0.2) is 4.98 Å². The first-order chi connectivity index (χ1) is 9.42. The number of hydrogen-bond donors (Lipinski definition) is 1. The standard InChI is InChI=1S/C13H13F3N2OS/c1-9-18-11(8-20-9)7-17-6-10-3-2-4-12(5-10)19-13(14,15)16/h2-5,8,17H,6-7H2,1H3. The number of aryl methyl sites for hydroxylation is 1. The largest absolute Gasteiger partial charge is 0.573 e. The Morgan fingerprint density at radius 2 is 2.10 bits per heavy atom. The van der Waals surface area contributed by atoms with E-state index in [0.29, 0.717) is 13.1 Å². The fourth-order valence-corrected chi connectivity index (χ4v) is 2.29. The van der Waals surface area contributed by atoms with E-state index in [-0.39, 0.29) is 5.75 Å². The van der Waals surface area contributed by atoms with Crippen LogP contribution >= 0.6 is 11.3 Å². The molecule has 1 aromatic carbocycles. The Bertz CT molecular complexity index is 569. The van der Waals surface area contributed by atoms with Gasteiger partial charge in [0.2, 0.25) is 0 Å². The van der Waals surface area contributed by atoms with E-state index in [1.807, 2.05) is 12.3 Å². The molecule has 0 saturated carbocycles. The van der Waals surface area contributed by atoms with E-state index >= 15 is 0 Å². The van der Waals surface area contributed by atoms with Gasteiger partial charge >= 0.3 is 6.36 Å². The fraction of sp³-hybridized carbons (Fsp3) is 0.308. The van der Waals surface area contributed by atoms with Crippen LogP contribution in [0.2, 0.25) is 0 Å². The van der Waals surface area contributed by atoms with E-state index in [0.717, 1.165) is 16.3 Å². The smallest absolute Gasteiger partial charge is 0.406 e. The van der Waals surface area contributed by atoms with E-state index in [9.17, 15) is 13.2 Å². The molecule has 0 radical (unpaired) electrons. The minimum Gasteiger partial charge on any atom is -0.406 e. The molecule has 0 aliphatic heterocycles. The molecule has 1 heterocycles. The Morgan fingerprint density at radius 1 is 1.30 bits per heavy atom. The highest BCUT2D eigenvalue weighted by Gasteiger charge is 2.31. The normalized spacial score (nSPS) is 11.6. The molecule has 2 aromatic rings. The summed E-state index contributed by atoms with van der Waals surface area (Å²) in [6.07, 6.45) is -4.66. The molecule has 0 amide bonds. The number of aromatic nitrogens is 1. The van der Waals surface area contributed by atoms with Crippen molar-refractivity contribution >= 4 is 11.3 Å². The third kappa shape index (κ3) is 4.82. The molecule has 0 bridgehead atoms. The van der Waals surface area contributed by atoms with E-state index in [1.165, 1.54) is 18.2 Å². The number of benzene rings is 1. The molecule has 7 heteroatoms. The van der Waals surface area contributed by atoms with Gasteiger partial charge in [0.05, 0.1) is 10.7 Å². The number of thiazole rings is 1. The second-order valence-electron chi connectivity index (χ2n) is 4.16. The van der Waals surface area contributed by atoms with E-state index in [2.05, 4.69) is 15.0 Å². The maximum Gasteiger partial charge on any atom is 0.573 e. The summed E-state index contributed by atoms with van der Waals surface area (Å²) in [5, 5.41) is 6.07. The zero-order valence-electron chi connectivity index (χ0n) is 10.7. The molecule has 1 N–H and O–H groups in total. The van der Waals surface area contributed by atoms with Crippen LogP contribution < -0.4 is 10.1 Å². The molecule has 0 unspecified atom stereocenters. The minimum absolute atomic E-state index is 0.207. The maximum atomic E-state index is 12.1. The van der Waals surface area contributed by atoms with Crippen LogP contribution in [0.1, 0.15) is 16.3 Å². The van der Waals surface area contributed by atoms with Crippen LogP contribution in [0.25, 0.3) is 0 Å². The van der Waals surface area contributed by atoms with Crippen molar-refractivity contribution in [1.82, 2.24) is 10.3 Å². The van der Waals surface area contributed by atoms with Crippen LogP contribution in [-0.4, -0.2) is 11.3 Å². The van der Waals surface area contributed by atoms with Gasteiger partial charge in [-0.3, -0.25) is 0 Å². The first kappa shape index (κ1) is 14.8. The number of halogens is 3. The molecule has 20 heavy (non-hydrogen) atoms. The molecule has 3 nitrogen and oxygen atoms in total. The molecule has 0 fully saturated rings. The first-order valence-electron chi connectivity index (χ1n) is 5.89. The lowest BCUT2D eigenvalue weighted by molar-refractivity contribution is -0.274. The predicted molar refractivity (Wildman–Crippen MR) is 70.5 cm³/mol. The summed E-state index contributed by atoms with van der Waals surface area (Å²) in [5.74, 6) is -0.207. The molecule has 0 aliphatic rings. The van der Waals surface area contributed by atoms with Crippen LogP contribution in [-0.2, 0) is 13.1 Å². The first-order valence-corrected chi connectivity index (χ1v) is 6.77. The Morgan fingerprint density at radius 3 is 2.75 bits per heavy atom. The SMILES string of the molecule is Cc1nc(CNCc2cccc(OC(F)(F)F)c2)cs1. The summed E-state index contributed by atoms with van der Waals surface area (Å²) in [5.41, 5.74) is 1.65. The van der Waals surface area contributed by atoms with Crippen molar-refractivity contribution in [2.45, 2.75) is 26.4 Å². The fourth-order valence-electron chi connectivity index (χ4n) is 1.68. The zero-order valence-corrected chi connectivity index (χ0v) is 11.5. The van der Waals surface area contributed by atoms with Crippen LogP contribution in [0.4, 0.5) is 13.2 Å². The Kier molecular flexibility index (Phi) is 4.61. The van der Waals surface area contributed by atoms with Gasteiger partial charge < -0.3 is 10.1 Å². The molecular formula is C13H13F3N2OS. The summed E-state index contributed by atoms with van der Waals surface area (Å²) in [6, 6.07) is 5.92. The van der Waals surface area contributed by atoms with Crippen LogP contribution in [0, 0.1) is 6.92 Å². The molecular weight excluding hydrogens is 289 g/mol. The van der Waals surface area contributed by atoms with Crippen LogP contribution in [0.15, 0.2) is 29.6 Å². The van der Waals surface area contributed by atoms with Crippen molar-refractivity contribution in [2.75, 3.05) is 0 Å².